The van der Waals surface area contributed by atoms with E-state index in [0.29, 0.717) is 29.5 Å². The van der Waals surface area contributed by atoms with E-state index in [9.17, 15) is 9.59 Å². The number of rotatable bonds is 6. The number of hydrogen-bond donors (Lipinski definition) is 0. The van der Waals surface area contributed by atoms with Crippen molar-refractivity contribution in [3.05, 3.63) is 0 Å². The van der Waals surface area contributed by atoms with Gasteiger partial charge in [0.25, 0.3) is 0 Å². The van der Waals surface area contributed by atoms with Gasteiger partial charge in [0.15, 0.2) is 0 Å². The molecule has 35 heavy (non-hydrogen) atoms. The van der Waals surface area contributed by atoms with Crippen LogP contribution in [0.25, 0.3) is 0 Å². The lowest BCUT2D eigenvalue weighted by Gasteiger charge is -2.66. The second-order valence-electron chi connectivity index (χ2n) is 15.1. The zero-order valence-electron chi connectivity index (χ0n) is 24.3. The van der Waals surface area contributed by atoms with Crippen molar-refractivity contribution in [2.75, 3.05) is 0 Å². The normalized spacial score (nSPS) is 45.4. The molecule has 0 spiro atoms. The fraction of sp³-hybridized carbons (Fsp3) is 0.938. The molecule has 0 heterocycles. The number of ketones is 1. The molecule has 3 nitrogen and oxygen atoms in total. The zero-order chi connectivity index (χ0) is 26.0. The summed E-state index contributed by atoms with van der Waals surface area (Å²) >= 11 is 0. The molecule has 0 saturated heterocycles. The Morgan fingerprint density at radius 3 is 2.26 bits per heavy atom. The molecule has 1 unspecified atom stereocenters. The number of esters is 1. The molecule has 4 rings (SSSR count). The van der Waals surface area contributed by atoms with Crippen molar-refractivity contribution in [3.63, 3.8) is 0 Å². The number of hydrogen-bond acceptors (Lipinski definition) is 3. The molecule has 0 bridgehead atoms. The van der Waals surface area contributed by atoms with Crippen LogP contribution in [0.5, 0.6) is 0 Å². The van der Waals surface area contributed by atoms with Gasteiger partial charge in [-0.05, 0) is 84.4 Å². The molecule has 0 amide bonds. The summed E-state index contributed by atoms with van der Waals surface area (Å²) in [5.74, 6) is 3.65. The van der Waals surface area contributed by atoms with E-state index in [0.717, 1.165) is 38.0 Å². The van der Waals surface area contributed by atoms with Gasteiger partial charge in [-0.15, -0.1) is 0 Å². The van der Waals surface area contributed by atoms with Gasteiger partial charge in [0.05, 0.1) is 0 Å². The average molecular weight is 487 g/mol. The molecule has 0 aromatic rings. The highest BCUT2D eigenvalue weighted by molar-refractivity contribution is 5.84. The van der Waals surface area contributed by atoms with E-state index < -0.39 is 0 Å². The second kappa shape index (κ2) is 9.16. The van der Waals surface area contributed by atoms with Crippen LogP contribution in [0.1, 0.15) is 127 Å². The highest BCUT2D eigenvalue weighted by atomic mass is 16.5. The molecule has 200 valence electrons. The number of ether oxygens (including phenoxy) is 1. The maximum absolute atomic E-state index is 14.2. The quantitative estimate of drug-likeness (QED) is 0.355. The molecule has 9 atom stereocenters. The molecule has 0 aromatic heterocycles. The first kappa shape index (κ1) is 27.2. The van der Waals surface area contributed by atoms with Crippen molar-refractivity contribution < 1.29 is 14.3 Å². The van der Waals surface area contributed by atoms with E-state index in [1.165, 1.54) is 39.0 Å². The first-order valence-electron chi connectivity index (χ1n) is 14.9. The van der Waals surface area contributed by atoms with Gasteiger partial charge in [0.2, 0.25) is 0 Å². The lowest BCUT2D eigenvalue weighted by Crippen LogP contribution is -2.64. The maximum atomic E-state index is 14.2. The molecule has 0 aliphatic heterocycles. The highest BCUT2D eigenvalue weighted by Gasteiger charge is 2.70. The Labute approximate surface area is 215 Å². The SMILES string of the molecule is CC(=O)OC1CC[C@]2(C)[C@H]3C(=O)C[C@@]4(C)[C@@H]([C@H](C)CCCC(C)C)CC[C@]4(C)[C@@H]3CC[C@H]2C1(C)C. The van der Waals surface area contributed by atoms with Crippen molar-refractivity contribution in [2.24, 2.45) is 57.2 Å². The fourth-order valence-corrected chi connectivity index (χ4v) is 10.7. The second-order valence-corrected chi connectivity index (χ2v) is 15.1. The van der Waals surface area contributed by atoms with Crippen LogP contribution in [0.3, 0.4) is 0 Å². The third-order valence-corrected chi connectivity index (χ3v) is 12.6. The average Bonchev–Trinajstić information content (AvgIpc) is 3.00. The fourth-order valence-electron chi connectivity index (χ4n) is 10.7. The van der Waals surface area contributed by atoms with Crippen LogP contribution in [0, 0.1) is 57.2 Å². The zero-order valence-corrected chi connectivity index (χ0v) is 24.3. The number of carbonyl (C=O) groups excluding carboxylic acids is 2. The van der Waals surface area contributed by atoms with E-state index >= 15 is 0 Å². The Hall–Kier alpha value is -0.860. The molecular weight excluding hydrogens is 432 g/mol. The van der Waals surface area contributed by atoms with E-state index in [4.69, 9.17) is 4.74 Å². The number of Topliss-reactive ketones (excluding diaryl/α,β-unsaturated/α-hetero) is 1. The Bertz CT molecular complexity index is 829. The minimum Gasteiger partial charge on any atom is -0.462 e. The van der Waals surface area contributed by atoms with Crippen LogP contribution in [0.15, 0.2) is 0 Å². The molecule has 4 fully saturated rings. The summed E-state index contributed by atoms with van der Waals surface area (Å²) in [6.45, 7) is 20.8. The topological polar surface area (TPSA) is 43.4 Å². The summed E-state index contributed by atoms with van der Waals surface area (Å²) in [7, 11) is 0. The molecule has 0 aromatic carbocycles. The smallest absolute Gasteiger partial charge is 0.302 e. The van der Waals surface area contributed by atoms with Crippen molar-refractivity contribution in [2.45, 2.75) is 133 Å². The summed E-state index contributed by atoms with van der Waals surface area (Å²) in [4.78, 5) is 26.1. The Morgan fingerprint density at radius 1 is 0.943 bits per heavy atom. The summed E-state index contributed by atoms with van der Waals surface area (Å²) in [6.07, 6.45) is 11.5. The first-order valence-corrected chi connectivity index (χ1v) is 14.9. The molecule has 3 heteroatoms. The van der Waals surface area contributed by atoms with Gasteiger partial charge in [-0.25, -0.2) is 0 Å². The summed E-state index contributed by atoms with van der Waals surface area (Å²) in [5.41, 5.74) is 0.323. The molecule has 4 saturated carbocycles. The van der Waals surface area contributed by atoms with Gasteiger partial charge in [0, 0.05) is 24.7 Å². The highest BCUT2D eigenvalue weighted by Crippen LogP contribution is 2.74. The molecule has 4 aliphatic rings. The predicted octanol–water partition coefficient (Wildman–Crippen LogP) is 8.24. The largest absolute Gasteiger partial charge is 0.462 e. The minimum absolute atomic E-state index is 0.0193. The van der Waals surface area contributed by atoms with Crippen LogP contribution in [-0.2, 0) is 14.3 Å². The van der Waals surface area contributed by atoms with E-state index in [1.807, 2.05) is 0 Å². The predicted molar refractivity (Wildman–Crippen MR) is 143 cm³/mol. The van der Waals surface area contributed by atoms with E-state index in [-0.39, 0.29) is 39.7 Å². The van der Waals surface area contributed by atoms with Gasteiger partial charge in [-0.1, -0.05) is 74.7 Å². The van der Waals surface area contributed by atoms with Crippen LogP contribution >= 0.6 is 0 Å². The Kier molecular flexibility index (Phi) is 7.11. The van der Waals surface area contributed by atoms with Crippen molar-refractivity contribution in [1.29, 1.82) is 0 Å². The van der Waals surface area contributed by atoms with E-state index in [1.54, 1.807) is 0 Å². The lowest BCUT2D eigenvalue weighted by atomic mass is 9.37. The number of fused-ring (bicyclic) bond motifs is 5. The van der Waals surface area contributed by atoms with Gasteiger partial charge < -0.3 is 4.74 Å². The third kappa shape index (κ3) is 4.14. The van der Waals surface area contributed by atoms with Crippen molar-refractivity contribution in [1.82, 2.24) is 0 Å². The van der Waals surface area contributed by atoms with Crippen LogP contribution in [0.4, 0.5) is 0 Å². The third-order valence-electron chi connectivity index (χ3n) is 12.6. The van der Waals surface area contributed by atoms with Gasteiger partial charge in [-0.3, -0.25) is 9.59 Å². The van der Waals surface area contributed by atoms with E-state index in [2.05, 4.69) is 55.4 Å². The van der Waals surface area contributed by atoms with Crippen molar-refractivity contribution in [3.8, 4) is 0 Å². The summed E-state index contributed by atoms with van der Waals surface area (Å²) in [5, 5.41) is 0. The molecular formula is C32H54O3. The summed E-state index contributed by atoms with van der Waals surface area (Å²) < 4.78 is 5.83. The summed E-state index contributed by atoms with van der Waals surface area (Å²) in [6, 6.07) is 0. The lowest BCUT2D eigenvalue weighted by molar-refractivity contribution is -0.207. The number of carbonyl (C=O) groups is 2. The van der Waals surface area contributed by atoms with Crippen LogP contribution in [-0.4, -0.2) is 17.9 Å². The minimum atomic E-state index is -0.170. The standard InChI is InChI=1S/C32H54O3/c1-20(2)11-10-12-21(3)23-15-18-31(8)24-13-14-26-29(5,6)27(35-22(4)33)16-17-30(26,7)28(24)25(34)19-32(23,31)9/h20-21,23-24,26-28H,10-19H2,1-9H3/t21-,23-,24-,26+,27?,28-,30+,31-,32+/m1/s1. The molecule has 0 radical (unpaired) electrons. The van der Waals surface area contributed by atoms with Gasteiger partial charge >= 0.3 is 5.97 Å². The Morgan fingerprint density at radius 2 is 1.63 bits per heavy atom. The maximum Gasteiger partial charge on any atom is 0.302 e. The van der Waals surface area contributed by atoms with Crippen LogP contribution < -0.4 is 0 Å². The molecule has 0 N–H and O–H groups in total. The monoisotopic (exact) mass is 486 g/mol. The van der Waals surface area contributed by atoms with Gasteiger partial charge in [0.1, 0.15) is 11.9 Å². The first-order chi connectivity index (χ1) is 16.2. The molecule has 4 aliphatic carbocycles. The van der Waals surface area contributed by atoms with Gasteiger partial charge in [-0.2, -0.15) is 0 Å². The Balaban J connectivity index is 1.60. The van der Waals surface area contributed by atoms with Crippen molar-refractivity contribution >= 4 is 11.8 Å². The van der Waals surface area contributed by atoms with Crippen LogP contribution in [0.2, 0.25) is 0 Å².